The standard InChI is InChI=1S/C18H21N3O3S/c1-11(22)8-21(9-12-4-3-7-24-12)10-15-19-17(23)16-13-5-2-6-14(13)25-18(16)20-15/h3-4,7,11,22H,2,5-6,8-10H2,1H3,(H,19,20,23). The van der Waals surface area contributed by atoms with Crippen LogP contribution in [0.15, 0.2) is 27.6 Å². The number of aryl methyl sites for hydroxylation is 2. The van der Waals surface area contributed by atoms with E-state index in [1.807, 2.05) is 17.0 Å². The summed E-state index contributed by atoms with van der Waals surface area (Å²) in [5.74, 6) is 1.45. The van der Waals surface area contributed by atoms with Crippen molar-refractivity contribution in [2.75, 3.05) is 6.54 Å². The largest absolute Gasteiger partial charge is 0.468 e. The highest BCUT2D eigenvalue weighted by Gasteiger charge is 2.21. The smallest absolute Gasteiger partial charge is 0.259 e. The number of H-pyrrole nitrogens is 1. The van der Waals surface area contributed by atoms with Crippen LogP contribution in [0.25, 0.3) is 10.2 Å². The third-order valence-corrected chi connectivity index (χ3v) is 5.67. The zero-order valence-corrected chi connectivity index (χ0v) is 14.9. The monoisotopic (exact) mass is 359 g/mol. The maximum atomic E-state index is 12.6. The van der Waals surface area contributed by atoms with E-state index in [0.29, 0.717) is 25.5 Å². The summed E-state index contributed by atoms with van der Waals surface area (Å²) >= 11 is 1.64. The average molecular weight is 359 g/mol. The first-order valence-corrected chi connectivity index (χ1v) is 9.38. The molecule has 3 aromatic rings. The molecule has 0 saturated heterocycles. The third-order valence-electron chi connectivity index (χ3n) is 4.48. The first-order chi connectivity index (χ1) is 12.1. The molecular weight excluding hydrogens is 338 g/mol. The van der Waals surface area contributed by atoms with Crippen molar-refractivity contribution < 1.29 is 9.52 Å². The van der Waals surface area contributed by atoms with Gasteiger partial charge in [0.05, 0.1) is 30.8 Å². The number of hydrogen-bond acceptors (Lipinski definition) is 6. The highest BCUT2D eigenvalue weighted by molar-refractivity contribution is 7.18. The topological polar surface area (TPSA) is 82.4 Å². The highest BCUT2D eigenvalue weighted by atomic mass is 32.1. The Bertz CT molecular complexity index is 927. The lowest BCUT2D eigenvalue weighted by Crippen LogP contribution is -2.31. The van der Waals surface area contributed by atoms with Gasteiger partial charge in [-0.1, -0.05) is 0 Å². The quantitative estimate of drug-likeness (QED) is 0.706. The van der Waals surface area contributed by atoms with E-state index in [-0.39, 0.29) is 5.56 Å². The van der Waals surface area contributed by atoms with Gasteiger partial charge in [0.25, 0.3) is 5.56 Å². The number of aromatic nitrogens is 2. The van der Waals surface area contributed by atoms with Gasteiger partial charge in [-0.3, -0.25) is 9.69 Å². The van der Waals surface area contributed by atoms with E-state index < -0.39 is 6.10 Å². The Hall–Kier alpha value is -1.96. The molecule has 0 bridgehead atoms. The number of nitrogens with zero attached hydrogens (tertiary/aromatic N) is 2. The van der Waals surface area contributed by atoms with Crippen molar-refractivity contribution in [3.8, 4) is 0 Å². The fourth-order valence-electron chi connectivity index (χ4n) is 3.52. The van der Waals surface area contributed by atoms with E-state index in [1.165, 1.54) is 10.4 Å². The van der Waals surface area contributed by atoms with Crippen molar-refractivity contribution in [1.29, 1.82) is 0 Å². The van der Waals surface area contributed by atoms with Crippen molar-refractivity contribution >= 4 is 21.6 Å². The molecule has 1 aliphatic carbocycles. The van der Waals surface area contributed by atoms with Crippen LogP contribution in [0.5, 0.6) is 0 Å². The van der Waals surface area contributed by atoms with Crippen LogP contribution < -0.4 is 5.56 Å². The maximum Gasteiger partial charge on any atom is 0.259 e. The van der Waals surface area contributed by atoms with Gasteiger partial charge in [0.15, 0.2) is 0 Å². The molecule has 6 nitrogen and oxygen atoms in total. The lowest BCUT2D eigenvalue weighted by Gasteiger charge is -2.22. The second-order valence-corrected chi connectivity index (χ2v) is 7.73. The molecular formula is C18H21N3O3S. The summed E-state index contributed by atoms with van der Waals surface area (Å²) in [6, 6.07) is 3.74. The van der Waals surface area contributed by atoms with Crippen LogP contribution in [-0.2, 0) is 25.9 Å². The van der Waals surface area contributed by atoms with Gasteiger partial charge in [0.2, 0.25) is 0 Å². The summed E-state index contributed by atoms with van der Waals surface area (Å²) in [6.07, 6.45) is 4.32. The Morgan fingerprint density at radius 3 is 3.08 bits per heavy atom. The minimum Gasteiger partial charge on any atom is -0.468 e. The summed E-state index contributed by atoms with van der Waals surface area (Å²) in [5.41, 5.74) is 1.14. The third kappa shape index (κ3) is 3.40. The SMILES string of the molecule is CC(O)CN(Cc1nc2sc3c(c2c(=O)[nH]1)CCC3)Cc1ccco1. The first-order valence-electron chi connectivity index (χ1n) is 8.56. The van der Waals surface area contributed by atoms with Crippen molar-refractivity contribution in [3.63, 3.8) is 0 Å². The van der Waals surface area contributed by atoms with Crippen molar-refractivity contribution in [2.24, 2.45) is 0 Å². The Morgan fingerprint density at radius 2 is 2.32 bits per heavy atom. The van der Waals surface area contributed by atoms with Crippen LogP contribution in [0.1, 0.15) is 35.4 Å². The molecule has 0 radical (unpaired) electrons. The molecule has 1 aliphatic rings. The minimum atomic E-state index is -0.476. The molecule has 0 spiro atoms. The number of aromatic amines is 1. The Kier molecular flexibility index (Phi) is 4.45. The van der Waals surface area contributed by atoms with Gasteiger partial charge in [-0.25, -0.2) is 4.98 Å². The van der Waals surface area contributed by atoms with E-state index in [9.17, 15) is 9.90 Å². The molecule has 0 amide bonds. The van der Waals surface area contributed by atoms with Gasteiger partial charge in [0, 0.05) is 11.4 Å². The van der Waals surface area contributed by atoms with Crippen LogP contribution in [-0.4, -0.2) is 32.6 Å². The fourth-order valence-corrected chi connectivity index (χ4v) is 4.80. The van der Waals surface area contributed by atoms with Crippen LogP contribution in [0, 0.1) is 0 Å². The molecule has 3 heterocycles. The van der Waals surface area contributed by atoms with Crippen LogP contribution in [0.4, 0.5) is 0 Å². The van der Waals surface area contributed by atoms with Crippen LogP contribution in [0.2, 0.25) is 0 Å². The van der Waals surface area contributed by atoms with E-state index in [0.717, 1.165) is 35.2 Å². The number of rotatable bonds is 6. The lowest BCUT2D eigenvalue weighted by atomic mass is 10.2. The fraction of sp³-hybridized carbons (Fsp3) is 0.444. The second kappa shape index (κ2) is 6.74. The first kappa shape index (κ1) is 16.5. The number of fused-ring (bicyclic) bond motifs is 3. The predicted octanol–water partition coefficient (Wildman–Crippen LogP) is 2.45. The van der Waals surface area contributed by atoms with Crippen molar-refractivity contribution in [1.82, 2.24) is 14.9 Å². The predicted molar refractivity (Wildman–Crippen MR) is 96.8 cm³/mol. The number of thiophene rings is 1. The molecule has 132 valence electrons. The van der Waals surface area contributed by atoms with E-state index in [2.05, 4.69) is 9.97 Å². The summed E-state index contributed by atoms with van der Waals surface area (Å²) in [7, 11) is 0. The maximum absolute atomic E-state index is 12.6. The van der Waals surface area contributed by atoms with Gasteiger partial charge >= 0.3 is 0 Å². The zero-order chi connectivity index (χ0) is 17.4. The van der Waals surface area contributed by atoms with Gasteiger partial charge < -0.3 is 14.5 Å². The molecule has 0 aromatic carbocycles. The molecule has 25 heavy (non-hydrogen) atoms. The normalized spacial score (nSPS) is 15.2. The second-order valence-electron chi connectivity index (χ2n) is 6.65. The molecule has 3 aromatic heterocycles. The number of furan rings is 1. The Morgan fingerprint density at radius 1 is 1.44 bits per heavy atom. The van der Waals surface area contributed by atoms with Gasteiger partial charge in [0.1, 0.15) is 16.4 Å². The van der Waals surface area contributed by atoms with Crippen molar-refractivity contribution in [2.45, 2.75) is 45.4 Å². The molecule has 0 aliphatic heterocycles. The summed E-state index contributed by atoms with van der Waals surface area (Å²) in [5, 5.41) is 10.5. The number of nitrogens with one attached hydrogen (secondary N) is 1. The molecule has 1 atom stereocenters. The minimum absolute atomic E-state index is 0.0469. The highest BCUT2D eigenvalue weighted by Crippen LogP contribution is 2.34. The molecule has 7 heteroatoms. The average Bonchev–Trinajstić information content (AvgIpc) is 3.22. The molecule has 1 unspecified atom stereocenters. The lowest BCUT2D eigenvalue weighted by molar-refractivity contribution is 0.111. The molecule has 2 N–H and O–H groups in total. The summed E-state index contributed by atoms with van der Waals surface area (Å²) < 4.78 is 5.40. The number of aliphatic hydroxyl groups excluding tert-OH is 1. The van der Waals surface area contributed by atoms with Crippen LogP contribution >= 0.6 is 11.3 Å². The molecule has 0 saturated carbocycles. The Balaban J connectivity index is 1.62. The Labute approximate surface area is 149 Å². The molecule has 4 rings (SSSR count). The van der Waals surface area contributed by atoms with Gasteiger partial charge in [-0.05, 0) is 43.9 Å². The van der Waals surface area contributed by atoms with E-state index in [4.69, 9.17) is 4.42 Å². The summed E-state index contributed by atoms with van der Waals surface area (Å²) in [6.45, 7) is 3.24. The zero-order valence-electron chi connectivity index (χ0n) is 14.1. The number of aliphatic hydroxyl groups is 1. The van der Waals surface area contributed by atoms with Gasteiger partial charge in [-0.15, -0.1) is 11.3 Å². The van der Waals surface area contributed by atoms with Crippen LogP contribution in [0.3, 0.4) is 0 Å². The van der Waals surface area contributed by atoms with Crippen molar-refractivity contribution in [3.05, 3.63) is 50.8 Å². The molecule has 0 fully saturated rings. The summed E-state index contributed by atoms with van der Waals surface area (Å²) in [4.78, 5) is 24.3. The number of hydrogen-bond donors (Lipinski definition) is 2. The van der Waals surface area contributed by atoms with E-state index in [1.54, 1.807) is 24.5 Å². The van der Waals surface area contributed by atoms with Gasteiger partial charge in [-0.2, -0.15) is 0 Å². The van der Waals surface area contributed by atoms with E-state index >= 15 is 0 Å².